The second kappa shape index (κ2) is 9.69. The third-order valence-electron chi connectivity index (χ3n) is 3.57. The van der Waals surface area contributed by atoms with E-state index in [1.165, 1.54) is 14.8 Å². The minimum atomic E-state index is 0.468. The van der Waals surface area contributed by atoms with Gasteiger partial charge in [-0.3, -0.25) is 4.99 Å². The molecule has 4 nitrogen and oxygen atoms in total. The van der Waals surface area contributed by atoms with Gasteiger partial charge in [0, 0.05) is 41.6 Å². The molecule has 24 heavy (non-hydrogen) atoms. The maximum Gasteiger partial charge on any atom is 0.191 e. The van der Waals surface area contributed by atoms with E-state index >= 15 is 0 Å². The molecule has 0 radical (unpaired) electrons. The number of nitrogens with zero attached hydrogens (tertiary/aromatic N) is 2. The molecule has 0 spiro atoms. The summed E-state index contributed by atoms with van der Waals surface area (Å²) in [5, 5.41) is 8.40. The standard InChI is InChI=1S/C18H26N4S2/c1-13(23-16-8-6-5-7-9-16)12-21-18(19-4)20-11-10-17-22-14(2)15(3)24-17/h5-9,13H,10-12H2,1-4H3,(H2,19,20,21). The summed E-state index contributed by atoms with van der Waals surface area (Å²) in [7, 11) is 1.81. The summed E-state index contributed by atoms with van der Waals surface area (Å²) in [6.07, 6.45) is 0.925. The smallest absolute Gasteiger partial charge is 0.191 e. The topological polar surface area (TPSA) is 49.3 Å². The maximum absolute atomic E-state index is 4.57. The van der Waals surface area contributed by atoms with Crippen LogP contribution in [0.1, 0.15) is 22.5 Å². The second-order valence-electron chi connectivity index (χ2n) is 5.62. The van der Waals surface area contributed by atoms with Crippen molar-refractivity contribution in [2.75, 3.05) is 20.1 Å². The van der Waals surface area contributed by atoms with Gasteiger partial charge in [-0.25, -0.2) is 4.98 Å². The normalized spacial score (nSPS) is 12.9. The number of guanidine groups is 1. The van der Waals surface area contributed by atoms with Crippen molar-refractivity contribution in [3.8, 4) is 0 Å². The molecule has 130 valence electrons. The van der Waals surface area contributed by atoms with E-state index in [0.29, 0.717) is 5.25 Å². The van der Waals surface area contributed by atoms with E-state index in [-0.39, 0.29) is 0 Å². The van der Waals surface area contributed by atoms with Crippen molar-refractivity contribution in [2.24, 2.45) is 4.99 Å². The van der Waals surface area contributed by atoms with Crippen LogP contribution in [0.15, 0.2) is 40.2 Å². The number of hydrogen-bond acceptors (Lipinski definition) is 4. The summed E-state index contributed by atoms with van der Waals surface area (Å²) < 4.78 is 0. The Labute approximate surface area is 153 Å². The Morgan fingerprint density at radius 2 is 2.00 bits per heavy atom. The first-order valence-electron chi connectivity index (χ1n) is 8.17. The van der Waals surface area contributed by atoms with Crippen molar-refractivity contribution in [3.63, 3.8) is 0 Å². The van der Waals surface area contributed by atoms with Gasteiger partial charge in [-0.05, 0) is 26.0 Å². The van der Waals surface area contributed by atoms with Crippen LogP contribution in [-0.2, 0) is 6.42 Å². The Kier molecular flexibility index (Phi) is 7.59. The molecule has 1 aromatic carbocycles. The third-order valence-corrected chi connectivity index (χ3v) is 5.81. The molecule has 1 unspecified atom stereocenters. The van der Waals surface area contributed by atoms with Gasteiger partial charge in [-0.15, -0.1) is 23.1 Å². The van der Waals surface area contributed by atoms with Crippen molar-refractivity contribution >= 4 is 29.1 Å². The van der Waals surface area contributed by atoms with Crippen molar-refractivity contribution in [1.82, 2.24) is 15.6 Å². The van der Waals surface area contributed by atoms with Crippen molar-refractivity contribution in [2.45, 2.75) is 37.3 Å². The molecule has 0 amide bonds. The summed E-state index contributed by atoms with van der Waals surface area (Å²) in [4.78, 5) is 11.5. The number of aryl methyl sites for hydroxylation is 2. The number of rotatable bonds is 7. The molecule has 0 aliphatic heterocycles. The highest BCUT2D eigenvalue weighted by atomic mass is 32.2. The molecule has 1 heterocycles. The summed E-state index contributed by atoms with van der Waals surface area (Å²) in [5.74, 6) is 0.848. The Morgan fingerprint density at radius 3 is 2.62 bits per heavy atom. The van der Waals surface area contributed by atoms with Crippen LogP contribution >= 0.6 is 23.1 Å². The average Bonchev–Trinajstić information content (AvgIpc) is 2.89. The Hall–Kier alpha value is -1.53. The van der Waals surface area contributed by atoms with E-state index in [4.69, 9.17) is 0 Å². The summed E-state index contributed by atoms with van der Waals surface area (Å²) in [6, 6.07) is 10.5. The first kappa shape index (κ1) is 18.8. The Bertz CT molecular complexity index is 633. The summed E-state index contributed by atoms with van der Waals surface area (Å²) >= 11 is 3.65. The molecular weight excluding hydrogens is 336 g/mol. The molecule has 6 heteroatoms. The van der Waals surface area contributed by atoms with Gasteiger partial charge in [0.1, 0.15) is 0 Å². The zero-order chi connectivity index (χ0) is 17.4. The molecule has 0 aliphatic carbocycles. The van der Waals surface area contributed by atoms with Crippen LogP contribution in [-0.4, -0.2) is 36.3 Å². The number of thioether (sulfide) groups is 1. The van der Waals surface area contributed by atoms with E-state index in [1.807, 2.05) is 24.9 Å². The summed E-state index contributed by atoms with van der Waals surface area (Å²) in [5.41, 5.74) is 1.14. The monoisotopic (exact) mass is 362 g/mol. The molecule has 0 fully saturated rings. The fraction of sp³-hybridized carbons (Fsp3) is 0.444. The minimum Gasteiger partial charge on any atom is -0.356 e. The molecule has 0 saturated heterocycles. The maximum atomic E-state index is 4.57. The first-order chi connectivity index (χ1) is 11.6. The van der Waals surface area contributed by atoms with Crippen molar-refractivity contribution in [3.05, 3.63) is 45.9 Å². The van der Waals surface area contributed by atoms with Gasteiger partial charge in [-0.1, -0.05) is 25.1 Å². The number of aliphatic imine (C=N–C) groups is 1. The van der Waals surface area contributed by atoms with E-state index in [1.54, 1.807) is 11.3 Å². The van der Waals surface area contributed by atoms with Crippen LogP contribution in [0.4, 0.5) is 0 Å². The van der Waals surface area contributed by atoms with Crippen molar-refractivity contribution in [1.29, 1.82) is 0 Å². The quantitative estimate of drug-likeness (QED) is 0.448. The van der Waals surface area contributed by atoms with Gasteiger partial charge in [-0.2, -0.15) is 0 Å². The lowest BCUT2D eigenvalue weighted by Gasteiger charge is -2.15. The predicted octanol–water partition coefficient (Wildman–Crippen LogP) is 3.65. The van der Waals surface area contributed by atoms with E-state index in [0.717, 1.165) is 31.2 Å². The van der Waals surface area contributed by atoms with Crippen LogP contribution in [0, 0.1) is 13.8 Å². The highest BCUT2D eigenvalue weighted by Gasteiger charge is 2.07. The second-order valence-corrected chi connectivity index (χ2v) is 8.42. The fourth-order valence-electron chi connectivity index (χ4n) is 2.17. The lowest BCUT2D eigenvalue weighted by molar-refractivity contribution is 0.778. The van der Waals surface area contributed by atoms with Gasteiger partial charge in [0.25, 0.3) is 0 Å². The highest BCUT2D eigenvalue weighted by molar-refractivity contribution is 8.00. The minimum absolute atomic E-state index is 0.468. The van der Waals surface area contributed by atoms with Gasteiger partial charge in [0.15, 0.2) is 5.96 Å². The van der Waals surface area contributed by atoms with Gasteiger partial charge in [0.05, 0.1) is 10.7 Å². The summed E-state index contributed by atoms with van der Waals surface area (Å²) in [6.45, 7) is 8.12. The Balaban J connectivity index is 1.70. The predicted molar refractivity (Wildman–Crippen MR) is 106 cm³/mol. The van der Waals surface area contributed by atoms with Crippen LogP contribution in [0.3, 0.4) is 0 Å². The van der Waals surface area contributed by atoms with Crippen LogP contribution < -0.4 is 10.6 Å². The van der Waals surface area contributed by atoms with E-state index < -0.39 is 0 Å². The molecule has 0 saturated carbocycles. The number of aromatic nitrogens is 1. The number of thiazole rings is 1. The SMILES string of the molecule is CN=C(NCCc1nc(C)c(C)s1)NCC(C)Sc1ccccc1. The Morgan fingerprint density at radius 1 is 1.25 bits per heavy atom. The number of hydrogen-bond donors (Lipinski definition) is 2. The molecule has 0 aliphatic rings. The lowest BCUT2D eigenvalue weighted by atomic mass is 10.4. The van der Waals surface area contributed by atoms with Gasteiger partial charge in [0.2, 0.25) is 0 Å². The van der Waals surface area contributed by atoms with Gasteiger partial charge < -0.3 is 10.6 Å². The largest absolute Gasteiger partial charge is 0.356 e. The van der Waals surface area contributed by atoms with Crippen LogP contribution in [0.5, 0.6) is 0 Å². The molecule has 1 atom stereocenters. The van der Waals surface area contributed by atoms with Crippen molar-refractivity contribution < 1.29 is 0 Å². The molecule has 2 N–H and O–H groups in total. The van der Waals surface area contributed by atoms with E-state index in [2.05, 4.69) is 65.6 Å². The molecule has 2 rings (SSSR count). The fourth-order valence-corrected chi connectivity index (χ4v) is 4.05. The highest BCUT2D eigenvalue weighted by Crippen LogP contribution is 2.21. The molecular formula is C18H26N4S2. The molecule has 1 aromatic heterocycles. The van der Waals surface area contributed by atoms with Gasteiger partial charge >= 0.3 is 0 Å². The zero-order valence-electron chi connectivity index (χ0n) is 14.8. The average molecular weight is 363 g/mol. The van der Waals surface area contributed by atoms with Crippen LogP contribution in [0.2, 0.25) is 0 Å². The third kappa shape index (κ3) is 6.17. The molecule has 0 bridgehead atoms. The van der Waals surface area contributed by atoms with Crippen LogP contribution in [0.25, 0.3) is 0 Å². The van der Waals surface area contributed by atoms with E-state index in [9.17, 15) is 0 Å². The number of benzene rings is 1. The molecule has 2 aromatic rings. The lowest BCUT2D eigenvalue weighted by Crippen LogP contribution is -2.40. The number of nitrogens with one attached hydrogen (secondary N) is 2. The zero-order valence-corrected chi connectivity index (χ0v) is 16.4. The first-order valence-corrected chi connectivity index (χ1v) is 9.87.